The maximum Gasteiger partial charge on any atom is 0.191 e. The summed E-state index contributed by atoms with van der Waals surface area (Å²) in [5.74, 6) is 1.71. The van der Waals surface area contributed by atoms with E-state index in [1.807, 2.05) is 6.92 Å². The molecule has 1 aromatic carbocycles. The second-order valence-corrected chi connectivity index (χ2v) is 9.02. The SMILES string of the molecule is CCNC(=NCc1ccc(S(C)(=O)=O)cc1)NCC(CCO)CC(C)C.I. The Bertz CT molecular complexity index is 661. The molecule has 1 unspecified atom stereocenters. The Kier molecular flexibility index (Phi) is 12.9. The summed E-state index contributed by atoms with van der Waals surface area (Å²) in [7, 11) is -3.17. The molecular weight excluding hydrogens is 477 g/mol. The molecule has 0 aromatic heterocycles. The highest BCUT2D eigenvalue weighted by Gasteiger charge is 2.11. The van der Waals surface area contributed by atoms with Gasteiger partial charge in [-0.1, -0.05) is 26.0 Å². The Hall–Kier alpha value is -0.870. The standard InChI is InChI=1S/C19H33N3O3S.HI/c1-5-20-19(22-14-17(10-11-23)12-15(2)3)21-13-16-6-8-18(9-7-16)26(4,24)25;/h6-9,15,17,23H,5,10-14H2,1-4H3,(H2,20,21,22);1H. The molecule has 3 N–H and O–H groups in total. The highest BCUT2D eigenvalue weighted by atomic mass is 127. The first-order valence-corrected chi connectivity index (χ1v) is 11.1. The van der Waals surface area contributed by atoms with Crippen LogP contribution >= 0.6 is 24.0 Å². The molecule has 156 valence electrons. The number of aliphatic imine (C=N–C) groups is 1. The fraction of sp³-hybridized carbons (Fsp3) is 0.632. The highest BCUT2D eigenvalue weighted by Crippen LogP contribution is 2.14. The number of guanidine groups is 1. The molecule has 1 rings (SSSR count). The highest BCUT2D eigenvalue weighted by molar-refractivity contribution is 14.0. The van der Waals surface area contributed by atoms with Crippen LogP contribution in [0.1, 0.15) is 39.2 Å². The van der Waals surface area contributed by atoms with E-state index in [2.05, 4.69) is 29.5 Å². The number of rotatable bonds is 10. The summed E-state index contributed by atoms with van der Waals surface area (Å²) >= 11 is 0. The average molecular weight is 511 g/mol. The van der Waals surface area contributed by atoms with E-state index in [9.17, 15) is 13.5 Å². The predicted molar refractivity (Wildman–Crippen MR) is 122 cm³/mol. The van der Waals surface area contributed by atoms with Crippen molar-refractivity contribution in [3.05, 3.63) is 29.8 Å². The van der Waals surface area contributed by atoms with E-state index in [4.69, 9.17) is 0 Å². The van der Waals surface area contributed by atoms with Gasteiger partial charge in [0.15, 0.2) is 15.8 Å². The molecule has 8 heteroatoms. The van der Waals surface area contributed by atoms with Gasteiger partial charge in [0, 0.05) is 26.0 Å². The maximum atomic E-state index is 11.5. The van der Waals surface area contributed by atoms with Crippen molar-refractivity contribution in [2.24, 2.45) is 16.8 Å². The zero-order valence-electron chi connectivity index (χ0n) is 16.7. The van der Waals surface area contributed by atoms with Gasteiger partial charge in [0.1, 0.15) is 0 Å². The molecule has 0 aliphatic heterocycles. The van der Waals surface area contributed by atoms with Crippen molar-refractivity contribution < 1.29 is 13.5 Å². The van der Waals surface area contributed by atoms with E-state index in [1.54, 1.807) is 24.3 Å². The number of halogens is 1. The van der Waals surface area contributed by atoms with Gasteiger partial charge in [-0.2, -0.15) is 0 Å². The van der Waals surface area contributed by atoms with Crippen molar-refractivity contribution in [2.45, 2.75) is 45.1 Å². The molecule has 0 fully saturated rings. The van der Waals surface area contributed by atoms with Crippen LogP contribution in [0.5, 0.6) is 0 Å². The van der Waals surface area contributed by atoms with E-state index < -0.39 is 9.84 Å². The first kappa shape index (κ1) is 26.1. The summed E-state index contributed by atoms with van der Waals surface area (Å²) in [6.45, 7) is 8.56. The van der Waals surface area contributed by atoms with Crippen LogP contribution in [0.3, 0.4) is 0 Å². The van der Waals surface area contributed by atoms with Crippen molar-refractivity contribution in [3.63, 3.8) is 0 Å². The molecule has 0 amide bonds. The maximum absolute atomic E-state index is 11.5. The Morgan fingerprint density at radius 1 is 1.19 bits per heavy atom. The summed E-state index contributed by atoms with van der Waals surface area (Å²) in [4.78, 5) is 4.88. The zero-order valence-corrected chi connectivity index (χ0v) is 19.9. The van der Waals surface area contributed by atoms with Crippen molar-refractivity contribution in [1.29, 1.82) is 0 Å². The number of aliphatic hydroxyl groups excluding tert-OH is 1. The van der Waals surface area contributed by atoms with E-state index >= 15 is 0 Å². The largest absolute Gasteiger partial charge is 0.396 e. The summed E-state index contributed by atoms with van der Waals surface area (Å²) in [6.07, 6.45) is 3.03. The first-order valence-electron chi connectivity index (χ1n) is 9.18. The quantitative estimate of drug-likeness (QED) is 0.255. The Balaban J connectivity index is 0.00000676. The van der Waals surface area contributed by atoms with Crippen molar-refractivity contribution >= 4 is 39.8 Å². The number of benzene rings is 1. The second kappa shape index (κ2) is 13.3. The number of aliphatic hydroxyl groups is 1. The Labute approximate surface area is 181 Å². The van der Waals surface area contributed by atoms with Gasteiger partial charge in [0.05, 0.1) is 11.4 Å². The van der Waals surface area contributed by atoms with Gasteiger partial charge in [0.25, 0.3) is 0 Å². The van der Waals surface area contributed by atoms with Crippen molar-refractivity contribution in [3.8, 4) is 0 Å². The summed E-state index contributed by atoms with van der Waals surface area (Å²) in [5.41, 5.74) is 0.948. The topological polar surface area (TPSA) is 90.8 Å². The second-order valence-electron chi connectivity index (χ2n) is 7.00. The summed E-state index contributed by atoms with van der Waals surface area (Å²) < 4.78 is 23.0. The third-order valence-corrected chi connectivity index (χ3v) is 5.14. The predicted octanol–water partition coefficient (Wildman–Crippen LogP) is 2.81. The number of sulfone groups is 1. The lowest BCUT2D eigenvalue weighted by molar-refractivity contribution is 0.243. The van der Waals surface area contributed by atoms with Gasteiger partial charge in [-0.05, 0) is 49.3 Å². The Morgan fingerprint density at radius 2 is 1.81 bits per heavy atom. The lowest BCUT2D eigenvalue weighted by atomic mass is 9.94. The molecule has 0 saturated heterocycles. The number of nitrogens with zero attached hydrogens (tertiary/aromatic N) is 1. The molecule has 0 aliphatic carbocycles. The minimum absolute atomic E-state index is 0. The molecule has 27 heavy (non-hydrogen) atoms. The molecule has 0 heterocycles. The van der Waals surface area contributed by atoms with Crippen LogP contribution in [-0.4, -0.2) is 45.4 Å². The molecule has 0 saturated carbocycles. The third-order valence-electron chi connectivity index (χ3n) is 4.02. The lowest BCUT2D eigenvalue weighted by Gasteiger charge is -2.20. The lowest BCUT2D eigenvalue weighted by Crippen LogP contribution is -2.40. The number of hydrogen-bond donors (Lipinski definition) is 3. The summed E-state index contributed by atoms with van der Waals surface area (Å²) in [5, 5.41) is 15.8. The van der Waals surface area contributed by atoms with Gasteiger partial charge in [-0.25, -0.2) is 13.4 Å². The smallest absolute Gasteiger partial charge is 0.191 e. The minimum atomic E-state index is -3.17. The fourth-order valence-corrected chi connectivity index (χ4v) is 3.38. The number of hydrogen-bond acceptors (Lipinski definition) is 4. The molecule has 1 aromatic rings. The van der Waals surface area contributed by atoms with E-state index in [0.717, 1.165) is 37.5 Å². The van der Waals surface area contributed by atoms with Crippen LogP contribution in [0.2, 0.25) is 0 Å². The Morgan fingerprint density at radius 3 is 2.30 bits per heavy atom. The monoisotopic (exact) mass is 511 g/mol. The number of nitrogens with one attached hydrogen (secondary N) is 2. The third kappa shape index (κ3) is 10.9. The van der Waals surface area contributed by atoms with Gasteiger partial charge in [-0.3, -0.25) is 0 Å². The van der Waals surface area contributed by atoms with Gasteiger partial charge in [-0.15, -0.1) is 24.0 Å². The zero-order chi connectivity index (χ0) is 19.6. The van der Waals surface area contributed by atoms with E-state index in [1.165, 1.54) is 6.26 Å². The van der Waals surface area contributed by atoms with Crippen LogP contribution in [0.4, 0.5) is 0 Å². The van der Waals surface area contributed by atoms with Crippen LogP contribution in [-0.2, 0) is 16.4 Å². The molecule has 0 spiro atoms. The first-order chi connectivity index (χ1) is 12.3. The molecule has 6 nitrogen and oxygen atoms in total. The van der Waals surface area contributed by atoms with Crippen LogP contribution in [0.15, 0.2) is 34.2 Å². The van der Waals surface area contributed by atoms with Crippen LogP contribution in [0.25, 0.3) is 0 Å². The van der Waals surface area contributed by atoms with Gasteiger partial charge in [0.2, 0.25) is 0 Å². The van der Waals surface area contributed by atoms with Crippen molar-refractivity contribution in [1.82, 2.24) is 10.6 Å². The molecule has 0 radical (unpaired) electrons. The van der Waals surface area contributed by atoms with Crippen molar-refractivity contribution in [2.75, 3.05) is 26.0 Å². The average Bonchev–Trinajstić information content (AvgIpc) is 2.56. The molecule has 1 atom stereocenters. The summed E-state index contributed by atoms with van der Waals surface area (Å²) in [6, 6.07) is 6.80. The molecule has 0 aliphatic rings. The normalized spacial score (nSPS) is 13.2. The van der Waals surface area contributed by atoms with E-state index in [-0.39, 0.29) is 30.6 Å². The van der Waals surface area contributed by atoms with Gasteiger partial charge < -0.3 is 15.7 Å². The fourth-order valence-electron chi connectivity index (χ4n) is 2.75. The van der Waals surface area contributed by atoms with Crippen LogP contribution in [0, 0.1) is 11.8 Å². The minimum Gasteiger partial charge on any atom is -0.396 e. The molecule has 0 bridgehead atoms. The van der Waals surface area contributed by atoms with Crippen LogP contribution < -0.4 is 10.6 Å². The van der Waals surface area contributed by atoms with Gasteiger partial charge >= 0.3 is 0 Å². The molecular formula is C19H34IN3O3S. The van der Waals surface area contributed by atoms with E-state index in [0.29, 0.717) is 23.3 Å².